The van der Waals surface area contributed by atoms with E-state index in [1.54, 1.807) is 0 Å². The van der Waals surface area contributed by atoms with Crippen LogP contribution in [0.25, 0.3) is 0 Å². The summed E-state index contributed by atoms with van der Waals surface area (Å²) in [4.78, 5) is 25.9. The van der Waals surface area contributed by atoms with Crippen LogP contribution in [0.4, 0.5) is 0 Å². The van der Waals surface area contributed by atoms with Crippen LogP contribution in [0.3, 0.4) is 0 Å². The largest absolute Gasteiger partial charge is 0.465 e. The van der Waals surface area contributed by atoms with Crippen molar-refractivity contribution in [3.63, 3.8) is 0 Å². The molecular weight excluding hydrogens is 222 g/mol. The van der Waals surface area contributed by atoms with Gasteiger partial charge >= 0.3 is 11.9 Å². The quantitative estimate of drug-likeness (QED) is 0.565. The maximum Gasteiger partial charge on any atom is 0.356 e. The third-order valence-corrected chi connectivity index (χ3v) is 1.94. The molecule has 0 saturated heterocycles. The zero-order valence-corrected chi connectivity index (χ0v) is 8.87. The second-order valence-corrected chi connectivity index (χ2v) is 2.88. The van der Waals surface area contributed by atoms with E-state index >= 15 is 0 Å². The number of esters is 2. The molecule has 0 amide bonds. The SMILES string of the molecule is COC(=O)c1ccc(C(=O)OC)c(Cl)n1. The Hall–Kier alpha value is -1.62. The molecule has 1 aromatic heterocycles. The van der Waals surface area contributed by atoms with E-state index in [2.05, 4.69) is 14.5 Å². The summed E-state index contributed by atoms with van der Waals surface area (Å²) in [7, 11) is 2.46. The van der Waals surface area contributed by atoms with Gasteiger partial charge in [0.15, 0.2) is 0 Å². The molecule has 0 aromatic carbocycles. The van der Waals surface area contributed by atoms with E-state index in [9.17, 15) is 9.59 Å². The first kappa shape index (κ1) is 11.5. The highest BCUT2D eigenvalue weighted by Gasteiger charge is 2.15. The minimum absolute atomic E-state index is 0.0372. The van der Waals surface area contributed by atoms with Gasteiger partial charge in [0, 0.05) is 0 Å². The number of carbonyl (C=O) groups is 2. The fourth-order valence-corrected chi connectivity index (χ4v) is 1.15. The average molecular weight is 230 g/mol. The van der Waals surface area contributed by atoms with E-state index in [1.807, 2.05) is 0 Å². The first-order valence-corrected chi connectivity index (χ1v) is 4.31. The van der Waals surface area contributed by atoms with Crippen LogP contribution in [-0.2, 0) is 9.47 Å². The lowest BCUT2D eigenvalue weighted by Gasteiger charge is -2.03. The summed E-state index contributed by atoms with van der Waals surface area (Å²) < 4.78 is 8.91. The van der Waals surface area contributed by atoms with Gasteiger partial charge in [-0.1, -0.05) is 11.6 Å². The molecule has 15 heavy (non-hydrogen) atoms. The van der Waals surface area contributed by atoms with Gasteiger partial charge in [-0.2, -0.15) is 0 Å². The Morgan fingerprint density at radius 2 is 1.80 bits per heavy atom. The van der Waals surface area contributed by atoms with Crippen molar-refractivity contribution in [3.05, 3.63) is 28.5 Å². The summed E-state index contributed by atoms with van der Waals surface area (Å²) in [5.41, 5.74) is 0.141. The fraction of sp³-hybridized carbons (Fsp3) is 0.222. The van der Waals surface area contributed by atoms with Crippen LogP contribution in [0.5, 0.6) is 0 Å². The van der Waals surface area contributed by atoms with E-state index in [4.69, 9.17) is 11.6 Å². The summed E-state index contributed by atoms with van der Waals surface area (Å²) >= 11 is 5.68. The fourth-order valence-electron chi connectivity index (χ4n) is 0.915. The highest BCUT2D eigenvalue weighted by Crippen LogP contribution is 2.15. The Kier molecular flexibility index (Phi) is 3.62. The van der Waals surface area contributed by atoms with Crippen LogP contribution in [-0.4, -0.2) is 31.1 Å². The zero-order chi connectivity index (χ0) is 11.4. The summed E-state index contributed by atoms with van der Waals surface area (Å²) in [6, 6.07) is 2.69. The Morgan fingerprint density at radius 1 is 1.20 bits per heavy atom. The molecule has 0 atom stereocenters. The molecule has 0 saturated carbocycles. The van der Waals surface area contributed by atoms with Gasteiger partial charge < -0.3 is 9.47 Å². The standard InChI is InChI=1S/C9H8ClNO4/c1-14-8(12)5-3-4-6(9(13)15-2)11-7(5)10/h3-4H,1-2H3. The first-order chi connectivity index (χ1) is 7.10. The number of pyridine rings is 1. The van der Waals surface area contributed by atoms with Crippen LogP contribution in [0.15, 0.2) is 12.1 Å². The number of carbonyl (C=O) groups excluding carboxylic acids is 2. The lowest BCUT2D eigenvalue weighted by Crippen LogP contribution is -2.08. The van der Waals surface area contributed by atoms with Gasteiger partial charge in [0.05, 0.1) is 19.8 Å². The lowest BCUT2D eigenvalue weighted by molar-refractivity contribution is 0.0581. The van der Waals surface area contributed by atoms with Crippen LogP contribution in [0.1, 0.15) is 20.8 Å². The number of ether oxygens (including phenoxy) is 2. The Balaban J connectivity index is 3.08. The maximum atomic E-state index is 11.1. The third-order valence-electron chi connectivity index (χ3n) is 1.65. The minimum Gasteiger partial charge on any atom is -0.465 e. The van der Waals surface area contributed by atoms with Crippen LogP contribution in [0, 0.1) is 0 Å². The predicted molar refractivity (Wildman–Crippen MR) is 51.9 cm³/mol. The Bertz CT molecular complexity index is 405. The lowest BCUT2D eigenvalue weighted by atomic mass is 10.2. The molecular formula is C9H8ClNO4. The highest BCUT2D eigenvalue weighted by molar-refractivity contribution is 6.32. The van der Waals surface area contributed by atoms with Gasteiger partial charge in [0.2, 0.25) is 0 Å². The number of rotatable bonds is 2. The van der Waals surface area contributed by atoms with Crippen molar-refractivity contribution in [1.29, 1.82) is 0 Å². The maximum absolute atomic E-state index is 11.1. The normalized spacial score (nSPS) is 9.53. The Morgan fingerprint density at radius 3 is 2.27 bits per heavy atom. The molecule has 6 heteroatoms. The minimum atomic E-state index is -0.617. The monoisotopic (exact) mass is 229 g/mol. The van der Waals surface area contributed by atoms with E-state index in [0.29, 0.717) is 0 Å². The van der Waals surface area contributed by atoms with E-state index in [1.165, 1.54) is 26.4 Å². The molecule has 0 aliphatic carbocycles. The molecule has 0 radical (unpaired) electrons. The van der Waals surface area contributed by atoms with Crippen molar-refractivity contribution in [2.75, 3.05) is 14.2 Å². The van der Waals surface area contributed by atoms with Gasteiger partial charge in [0.25, 0.3) is 0 Å². The third kappa shape index (κ3) is 2.44. The molecule has 0 unspecified atom stereocenters. The van der Waals surface area contributed by atoms with Crippen LogP contribution < -0.4 is 0 Å². The highest BCUT2D eigenvalue weighted by atomic mass is 35.5. The molecule has 0 N–H and O–H groups in total. The van der Waals surface area contributed by atoms with Crippen molar-refractivity contribution in [2.24, 2.45) is 0 Å². The molecule has 1 heterocycles. The van der Waals surface area contributed by atoms with Gasteiger partial charge in [-0.25, -0.2) is 14.6 Å². The summed E-state index contributed by atoms with van der Waals surface area (Å²) in [5.74, 6) is -1.22. The predicted octanol–water partition coefficient (Wildman–Crippen LogP) is 1.31. The van der Waals surface area contributed by atoms with Gasteiger partial charge in [-0.15, -0.1) is 0 Å². The molecule has 80 valence electrons. The number of hydrogen-bond donors (Lipinski definition) is 0. The van der Waals surface area contributed by atoms with Crippen LogP contribution in [0.2, 0.25) is 5.15 Å². The Labute approximate surface area is 91.0 Å². The van der Waals surface area contributed by atoms with E-state index in [-0.39, 0.29) is 16.4 Å². The molecule has 0 bridgehead atoms. The molecule has 0 fully saturated rings. The zero-order valence-electron chi connectivity index (χ0n) is 8.11. The van der Waals surface area contributed by atoms with E-state index in [0.717, 1.165) is 0 Å². The van der Waals surface area contributed by atoms with Crippen molar-refractivity contribution in [1.82, 2.24) is 4.98 Å². The van der Waals surface area contributed by atoms with E-state index < -0.39 is 11.9 Å². The average Bonchev–Trinajstić information content (AvgIpc) is 2.26. The molecule has 0 aliphatic heterocycles. The topological polar surface area (TPSA) is 65.5 Å². The van der Waals surface area contributed by atoms with Gasteiger partial charge in [-0.3, -0.25) is 0 Å². The summed E-state index contributed by atoms with van der Waals surface area (Å²) in [5, 5.41) is -0.0928. The number of halogens is 1. The van der Waals surface area contributed by atoms with Crippen molar-refractivity contribution in [2.45, 2.75) is 0 Å². The molecule has 1 rings (SSSR count). The van der Waals surface area contributed by atoms with Crippen LogP contribution >= 0.6 is 11.6 Å². The number of aromatic nitrogens is 1. The van der Waals surface area contributed by atoms with Crippen molar-refractivity contribution < 1.29 is 19.1 Å². The number of nitrogens with zero attached hydrogens (tertiary/aromatic N) is 1. The second kappa shape index (κ2) is 4.75. The number of hydrogen-bond acceptors (Lipinski definition) is 5. The molecule has 0 spiro atoms. The van der Waals surface area contributed by atoms with Gasteiger partial charge in [-0.05, 0) is 12.1 Å². The number of methoxy groups -OCH3 is 2. The first-order valence-electron chi connectivity index (χ1n) is 3.93. The van der Waals surface area contributed by atoms with Gasteiger partial charge in [0.1, 0.15) is 10.8 Å². The molecule has 0 aliphatic rings. The molecule has 5 nitrogen and oxygen atoms in total. The smallest absolute Gasteiger partial charge is 0.356 e. The van der Waals surface area contributed by atoms with Crippen molar-refractivity contribution in [3.8, 4) is 0 Å². The summed E-state index contributed by atoms with van der Waals surface area (Å²) in [6.07, 6.45) is 0. The second-order valence-electron chi connectivity index (χ2n) is 2.52. The van der Waals surface area contributed by atoms with Crippen molar-refractivity contribution >= 4 is 23.5 Å². The molecule has 1 aromatic rings. The summed E-state index contributed by atoms with van der Waals surface area (Å²) in [6.45, 7) is 0.